The molecule has 0 fully saturated rings. The summed E-state index contributed by atoms with van der Waals surface area (Å²) in [5, 5.41) is 24.5. The van der Waals surface area contributed by atoms with E-state index in [9.17, 15) is 24.5 Å². The lowest BCUT2D eigenvalue weighted by molar-refractivity contribution is -0.384. The number of hydrogen-bond donors (Lipinski definition) is 3. The fraction of sp³-hybridized carbons (Fsp3) is 0.438. The van der Waals surface area contributed by atoms with E-state index in [4.69, 9.17) is 5.11 Å². The SMILES string of the molecule is CCCC[C@H](NC(=O)CCNC(=O)c1ccc([N+](=O)[O-])cc1)C(=O)O. The molecule has 0 aliphatic heterocycles. The highest BCUT2D eigenvalue weighted by Gasteiger charge is 2.19. The zero-order chi connectivity index (χ0) is 18.8. The summed E-state index contributed by atoms with van der Waals surface area (Å²) in [5.41, 5.74) is 0.111. The van der Waals surface area contributed by atoms with Crippen LogP contribution in [0.4, 0.5) is 5.69 Å². The van der Waals surface area contributed by atoms with Gasteiger partial charge in [0.25, 0.3) is 11.6 Å². The molecule has 136 valence electrons. The van der Waals surface area contributed by atoms with Crippen LogP contribution in [-0.4, -0.2) is 40.4 Å². The van der Waals surface area contributed by atoms with Crippen LogP contribution in [0.3, 0.4) is 0 Å². The van der Waals surface area contributed by atoms with Gasteiger partial charge in [-0.3, -0.25) is 19.7 Å². The number of carboxylic acids is 1. The number of carboxylic acid groups (broad SMARTS) is 1. The van der Waals surface area contributed by atoms with Crippen LogP contribution in [0.15, 0.2) is 24.3 Å². The van der Waals surface area contributed by atoms with E-state index in [-0.39, 0.29) is 24.2 Å². The van der Waals surface area contributed by atoms with Gasteiger partial charge in [-0.25, -0.2) is 4.79 Å². The zero-order valence-electron chi connectivity index (χ0n) is 13.9. The molecule has 0 spiro atoms. The van der Waals surface area contributed by atoms with Crippen molar-refractivity contribution in [2.45, 2.75) is 38.6 Å². The second kappa shape index (κ2) is 10.0. The molecule has 1 aromatic carbocycles. The number of non-ortho nitro benzene ring substituents is 1. The summed E-state index contributed by atoms with van der Waals surface area (Å²) < 4.78 is 0. The van der Waals surface area contributed by atoms with E-state index in [0.29, 0.717) is 12.8 Å². The summed E-state index contributed by atoms with van der Waals surface area (Å²) in [5.74, 6) is -2.02. The summed E-state index contributed by atoms with van der Waals surface area (Å²) >= 11 is 0. The maximum absolute atomic E-state index is 11.9. The Morgan fingerprint density at radius 1 is 1.24 bits per heavy atom. The van der Waals surface area contributed by atoms with Gasteiger partial charge in [0, 0.05) is 30.7 Å². The molecule has 0 aliphatic rings. The number of nitro benzene ring substituents is 1. The fourth-order valence-corrected chi connectivity index (χ4v) is 2.06. The van der Waals surface area contributed by atoms with Gasteiger partial charge in [-0.15, -0.1) is 0 Å². The number of amides is 2. The van der Waals surface area contributed by atoms with Crippen LogP contribution in [0.1, 0.15) is 43.0 Å². The smallest absolute Gasteiger partial charge is 0.326 e. The van der Waals surface area contributed by atoms with Gasteiger partial charge in [0.05, 0.1) is 4.92 Å². The first-order valence-electron chi connectivity index (χ1n) is 7.90. The van der Waals surface area contributed by atoms with Crippen LogP contribution in [0.2, 0.25) is 0 Å². The Morgan fingerprint density at radius 2 is 1.88 bits per heavy atom. The minimum Gasteiger partial charge on any atom is -0.480 e. The minimum atomic E-state index is -1.09. The first-order valence-corrected chi connectivity index (χ1v) is 7.90. The lowest BCUT2D eigenvalue weighted by Crippen LogP contribution is -2.41. The number of unbranched alkanes of at least 4 members (excludes halogenated alkanes) is 1. The number of carbonyl (C=O) groups is 3. The van der Waals surface area contributed by atoms with Crippen LogP contribution in [0.5, 0.6) is 0 Å². The highest BCUT2D eigenvalue weighted by Crippen LogP contribution is 2.11. The van der Waals surface area contributed by atoms with E-state index in [1.807, 2.05) is 6.92 Å². The van der Waals surface area contributed by atoms with E-state index < -0.39 is 28.7 Å². The summed E-state index contributed by atoms with van der Waals surface area (Å²) in [6.07, 6.45) is 1.81. The first kappa shape index (κ1) is 20.1. The Labute approximate surface area is 144 Å². The van der Waals surface area contributed by atoms with Crippen molar-refractivity contribution in [3.05, 3.63) is 39.9 Å². The molecule has 2 amide bonds. The molecule has 0 aliphatic carbocycles. The molecule has 0 aromatic heterocycles. The Kier molecular flexibility index (Phi) is 8.04. The van der Waals surface area contributed by atoms with E-state index in [1.54, 1.807) is 0 Å². The largest absolute Gasteiger partial charge is 0.480 e. The number of nitrogens with zero attached hydrogens (tertiary/aromatic N) is 1. The summed E-state index contributed by atoms with van der Waals surface area (Å²) in [4.78, 5) is 44.7. The third-order valence-electron chi connectivity index (χ3n) is 3.46. The second-order valence-corrected chi connectivity index (χ2v) is 5.41. The Hall–Kier alpha value is -2.97. The molecule has 0 bridgehead atoms. The van der Waals surface area contributed by atoms with E-state index >= 15 is 0 Å². The van der Waals surface area contributed by atoms with Gasteiger partial charge in [-0.2, -0.15) is 0 Å². The van der Waals surface area contributed by atoms with Crippen molar-refractivity contribution in [1.82, 2.24) is 10.6 Å². The van der Waals surface area contributed by atoms with Crippen LogP contribution in [0.25, 0.3) is 0 Å². The summed E-state index contributed by atoms with van der Waals surface area (Å²) in [6, 6.07) is 4.13. The molecule has 9 heteroatoms. The molecule has 0 unspecified atom stereocenters. The van der Waals surface area contributed by atoms with Crippen molar-refractivity contribution in [2.75, 3.05) is 6.54 Å². The van der Waals surface area contributed by atoms with Gasteiger partial charge in [0.2, 0.25) is 5.91 Å². The normalized spacial score (nSPS) is 11.4. The number of aliphatic carboxylic acids is 1. The molecule has 1 atom stereocenters. The number of nitrogens with one attached hydrogen (secondary N) is 2. The first-order chi connectivity index (χ1) is 11.8. The van der Waals surface area contributed by atoms with Gasteiger partial charge in [-0.05, 0) is 18.6 Å². The van der Waals surface area contributed by atoms with E-state index in [2.05, 4.69) is 10.6 Å². The topological polar surface area (TPSA) is 139 Å². The van der Waals surface area contributed by atoms with Gasteiger partial charge in [0.1, 0.15) is 6.04 Å². The molecule has 0 radical (unpaired) electrons. The average molecular weight is 351 g/mol. The van der Waals surface area contributed by atoms with Crippen LogP contribution < -0.4 is 10.6 Å². The van der Waals surface area contributed by atoms with Crippen molar-refractivity contribution in [3.8, 4) is 0 Å². The molecule has 0 saturated carbocycles. The highest BCUT2D eigenvalue weighted by molar-refractivity contribution is 5.94. The maximum Gasteiger partial charge on any atom is 0.326 e. The molecule has 0 saturated heterocycles. The van der Waals surface area contributed by atoms with Gasteiger partial charge in [0.15, 0.2) is 0 Å². The predicted molar refractivity (Wildman–Crippen MR) is 89.1 cm³/mol. The Morgan fingerprint density at radius 3 is 2.40 bits per heavy atom. The number of benzene rings is 1. The monoisotopic (exact) mass is 351 g/mol. The zero-order valence-corrected chi connectivity index (χ0v) is 13.9. The van der Waals surface area contributed by atoms with Crippen LogP contribution >= 0.6 is 0 Å². The molecule has 3 N–H and O–H groups in total. The average Bonchev–Trinajstić information content (AvgIpc) is 2.58. The third-order valence-corrected chi connectivity index (χ3v) is 3.46. The number of carbonyl (C=O) groups excluding carboxylic acids is 2. The standard InChI is InChI=1S/C16H21N3O6/c1-2-3-4-13(16(22)23)18-14(20)9-10-17-15(21)11-5-7-12(8-6-11)19(24)25/h5-8,13H,2-4,9-10H2,1H3,(H,17,21)(H,18,20)(H,22,23)/t13-/m0/s1. The van der Waals surface area contributed by atoms with Gasteiger partial charge in [-0.1, -0.05) is 19.8 Å². The lowest BCUT2D eigenvalue weighted by Gasteiger charge is -2.14. The molecule has 1 aromatic rings. The molecule has 0 heterocycles. The van der Waals surface area contributed by atoms with Gasteiger partial charge >= 0.3 is 5.97 Å². The van der Waals surface area contributed by atoms with Crippen molar-refractivity contribution < 1.29 is 24.4 Å². The fourth-order valence-electron chi connectivity index (χ4n) is 2.06. The predicted octanol–water partition coefficient (Wildman–Crippen LogP) is 1.47. The number of hydrogen-bond acceptors (Lipinski definition) is 5. The lowest BCUT2D eigenvalue weighted by atomic mass is 10.1. The van der Waals surface area contributed by atoms with Crippen molar-refractivity contribution in [1.29, 1.82) is 0 Å². The van der Waals surface area contributed by atoms with Crippen LogP contribution in [-0.2, 0) is 9.59 Å². The van der Waals surface area contributed by atoms with E-state index in [0.717, 1.165) is 6.42 Å². The summed E-state index contributed by atoms with van der Waals surface area (Å²) in [7, 11) is 0. The van der Waals surface area contributed by atoms with E-state index in [1.165, 1.54) is 24.3 Å². The molecule has 1 rings (SSSR count). The molecule has 9 nitrogen and oxygen atoms in total. The van der Waals surface area contributed by atoms with Crippen molar-refractivity contribution in [3.63, 3.8) is 0 Å². The molecule has 25 heavy (non-hydrogen) atoms. The van der Waals surface area contributed by atoms with Crippen LogP contribution in [0, 0.1) is 10.1 Å². The molecular formula is C16H21N3O6. The molecular weight excluding hydrogens is 330 g/mol. The highest BCUT2D eigenvalue weighted by atomic mass is 16.6. The third kappa shape index (κ3) is 6.98. The Balaban J connectivity index is 2.42. The number of rotatable bonds is 10. The number of nitro groups is 1. The minimum absolute atomic E-state index is 0.0295. The van der Waals surface area contributed by atoms with Crippen molar-refractivity contribution >= 4 is 23.5 Å². The Bertz CT molecular complexity index is 629. The maximum atomic E-state index is 11.9. The summed E-state index contributed by atoms with van der Waals surface area (Å²) in [6.45, 7) is 1.95. The van der Waals surface area contributed by atoms with Gasteiger partial charge < -0.3 is 15.7 Å². The second-order valence-electron chi connectivity index (χ2n) is 5.41. The quantitative estimate of drug-likeness (QED) is 0.431. The van der Waals surface area contributed by atoms with Crippen molar-refractivity contribution in [2.24, 2.45) is 0 Å².